The smallest absolute Gasteiger partial charge is 0.285 e. The summed E-state index contributed by atoms with van der Waals surface area (Å²) in [6.45, 7) is 1.97. The summed E-state index contributed by atoms with van der Waals surface area (Å²) in [4.78, 5) is 19.2. The van der Waals surface area contributed by atoms with Crippen molar-refractivity contribution in [3.05, 3.63) is 30.1 Å². The van der Waals surface area contributed by atoms with Crippen LogP contribution < -0.4 is 5.73 Å². The number of aryl methyl sites for hydroxylation is 1. The van der Waals surface area contributed by atoms with E-state index in [1.165, 1.54) is 0 Å². The summed E-state index contributed by atoms with van der Waals surface area (Å²) in [5, 5.41) is 0. The first kappa shape index (κ1) is 8.68. The van der Waals surface area contributed by atoms with E-state index in [1.54, 1.807) is 23.0 Å². The van der Waals surface area contributed by atoms with Crippen molar-refractivity contribution in [2.45, 2.75) is 13.3 Å². The van der Waals surface area contributed by atoms with Gasteiger partial charge in [0, 0.05) is 12.4 Å². The van der Waals surface area contributed by atoms with Gasteiger partial charge in [0.25, 0.3) is 5.91 Å². The van der Waals surface area contributed by atoms with Gasteiger partial charge in [-0.1, -0.05) is 6.92 Å². The highest BCUT2D eigenvalue weighted by molar-refractivity contribution is 5.90. The molecule has 0 aliphatic carbocycles. The van der Waals surface area contributed by atoms with Crippen molar-refractivity contribution in [2.24, 2.45) is 5.73 Å². The van der Waals surface area contributed by atoms with Crippen molar-refractivity contribution in [1.82, 2.24) is 14.4 Å². The van der Waals surface area contributed by atoms with Gasteiger partial charge in [0.1, 0.15) is 0 Å². The Morgan fingerprint density at radius 2 is 2.43 bits per heavy atom. The highest BCUT2D eigenvalue weighted by Gasteiger charge is 2.12. The number of aromatic nitrogens is 3. The quantitative estimate of drug-likeness (QED) is 0.744. The molecular formula is C9H10N4O. The maximum Gasteiger partial charge on any atom is 0.285 e. The van der Waals surface area contributed by atoms with Crippen LogP contribution in [0.2, 0.25) is 0 Å². The minimum absolute atomic E-state index is 0.263. The van der Waals surface area contributed by atoms with E-state index in [4.69, 9.17) is 5.73 Å². The molecule has 0 unspecified atom stereocenters. The molecule has 0 saturated carbocycles. The van der Waals surface area contributed by atoms with Crippen LogP contribution in [0.4, 0.5) is 0 Å². The third-order valence-corrected chi connectivity index (χ3v) is 2.08. The van der Waals surface area contributed by atoms with Crippen LogP contribution in [-0.4, -0.2) is 20.3 Å². The number of imidazole rings is 1. The molecule has 2 aromatic rings. The first-order chi connectivity index (χ1) is 6.74. The number of hydrogen-bond acceptors (Lipinski definition) is 3. The van der Waals surface area contributed by atoms with Crippen LogP contribution in [0.25, 0.3) is 5.52 Å². The summed E-state index contributed by atoms with van der Waals surface area (Å²) in [5.41, 5.74) is 6.88. The zero-order valence-electron chi connectivity index (χ0n) is 7.77. The standard InChI is InChI=1S/C9H10N4O/c1-2-6-7-5-11-3-4-13(7)9(12-6)8(10)14/h3-5H,2H2,1H3,(H2,10,14). The number of primary amides is 1. The SMILES string of the molecule is CCc1nc(C(N)=O)n2ccncc12. The first-order valence-electron chi connectivity index (χ1n) is 4.34. The van der Waals surface area contributed by atoms with E-state index in [-0.39, 0.29) is 5.82 Å². The van der Waals surface area contributed by atoms with E-state index < -0.39 is 5.91 Å². The second kappa shape index (κ2) is 3.10. The number of nitrogens with two attached hydrogens (primary N) is 1. The van der Waals surface area contributed by atoms with Crippen LogP contribution in [0.5, 0.6) is 0 Å². The topological polar surface area (TPSA) is 73.3 Å². The van der Waals surface area contributed by atoms with E-state index in [1.807, 2.05) is 6.92 Å². The van der Waals surface area contributed by atoms with Crippen LogP contribution in [0.1, 0.15) is 23.2 Å². The molecule has 0 aliphatic rings. The Bertz CT molecular complexity index is 489. The lowest BCUT2D eigenvalue weighted by Crippen LogP contribution is -2.15. The molecule has 0 aliphatic heterocycles. The van der Waals surface area contributed by atoms with Crippen molar-refractivity contribution in [2.75, 3.05) is 0 Å². The van der Waals surface area contributed by atoms with Gasteiger partial charge in [-0.25, -0.2) is 4.98 Å². The minimum Gasteiger partial charge on any atom is -0.363 e. The van der Waals surface area contributed by atoms with E-state index in [2.05, 4.69) is 9.97 Å². The van der Waals surface area contributed by atoms with Gasteiger partial charge >= 0.3 is 0 Å². The molecule has 0 spiro atoms. The van der Waals surface area contributed by atoms with Crippen molar-refractivity contribution in [3.63, 3.8) is 0 Å². The number of hydrogen-bond donors (Lipinski definition) is 1. The number of carbonyl (C=O) groups excluding carboxylic acids is 1. The highest BCUT2D eigenvalue weighted by Crippen LogP contribution is 2.11. The molecular weight excluding hydrogens is 180 g/mol. The fraction of sp³-hybridized carbons (Fsp3) is 0.222. The summed E-state index contributed by atoms with van der Waals surface area (Å²) in [7, 11) is 0. The van der Waals surface area contributed by atoms with Crippen LogP contribution in [0.15, 0.2) is 18.6 Å². The maximum atomic E-state index is 11.1. The molecule has 0 fully saturated rings. The van der Waals surface area contributed by atoms with Gasteiger partial charge in [-0.15, -0.1) is 0 Å². The lowest BCUT2D eigenvalue weighted by Gasteiger charge is -1.94. The molecule has 72 valence electrons. The van der Waals surface area contributed by atoms with Crippen LogP contribution >= 0.6 is 0 Å². The third kappa shape index (κ3) is 1.14. The zero-order chi connectivity index (χ0) is 10.1. The fourth-order valence-corrected chi connectivity index (χ4v) is 1.43. The molecule has 5 heteroatoms. The lowest BCUT2D eigenvalue weighted by atomic mass is 10.3. The third-order valence-electron chi connectivity index (χ3n) is 2.08. The van der Waals surface area contributed by atoms with Crippen LogP contribution in [0, 0.1) is 0 Å². The summed E-state index contributed by atoms with van der Waals surface area (Å²) < 4.78 is 1.66. The molecule has 0 bridgehead atoms. The normalized spacial score (nSPS) is 10.6. The van der Waals surface area contributed by atoms with Gasteiger partial charge in [0.2, 0.25) is 5.82 Å². The van der Waals surface area contributed by atoms with Crippen molar-refractivity contribution in [1.29, 1.82) is 0 Å². The Kier molecular flexibility index (Phi) is 1.92. The van der Waals surface area contributed by atoms with Crippen molar-refractivity contribution >= 4 is 11.4 Å². The van der Waals surface area contributed by atoms with Gasteiger partial charge in [-0.3, -0.25) is 14.2 Å². The number of carbonyl (C=O) groups is 1. The average molecular weight is 190 g/mol. The van der Waals surface area contributed by atoms with Gasteiger partial charge in [0.05, 0.1) is 17.4 Å². The van der Waals surface area contributed by atoms with Crippen molar-refractivity contribution < 1.29 is 4.79 Å². The molecule has 2 rings (SSSR count). The Hall–Kier alpha value is -1.91. The molecule has 0 aromatic carbocycles. The fourth-order valence-electron chi connectivity index (χ4n) is 1.43. The van der Waals surface area contributed by atoms with Gasteiger partial charge < -0.3 is 5.73 Å². The Balaban J connectivity index is 2.80. The van der Waals surface area contributed by atoms with E-state index in [9.17, 15) is 4.79 Å². The van der Waals surface area contributed by atoms with E-state index in [0.29, 0.717) is 0 Å². The molecule has 2 N–H and O–H groups in total. The molecule has 0 atom stereocenters. The molecule has 5 nitrogen and oxygen atoms in total. The van der Waals surface area contributed by atoms with Gasteiger partial charge in [-0.2, -0.15) is 0 Å². The second-order valence-corrected chi connectivity index (χ2v) is 2.93. The summed E-state index contributed by atoms with van der Waals surface area (Å²) in [6.07, 6.45) is 5.71. The number of nitrogens with zero attached hydrogens (tertiary/aromatic N) is 3. The summed E-state index contributed by atoms with van der Waals surface area (Å²) in [5.74, 6) is -0.259. The summed E-state index contributed by atoms with van der Waals surface area (Å²) in [6, 6.07) is 0. The van der Waals surface area contributed by atoms with E-state index >= 15 is 0 Å². The van der Waals surface area contributed by atoms with Crippen molar-refractivity contribution in [3.8, 4) is 0 Å². The van der Waals surface area contributed by atoms with Gasteiger partial charge in [-0.05, 0) is 6.42 Å². The minimum atomic E-state index is -0.522. The lowest BCUT2D eigenvalue weighted by molar-refractivity contribution is 0.0990. The molecule has 0 radical (unpaired) electrons. The number of fused-ring (bicyclic) bond motifs is 1. The predicted molar refractivity (Wildman–Crippen MR) is 50.9 cm³/mol. The number of amides is 1. The van der Waals surface area contributed by atoms with Gasteiger partial charge in [0.15, 0.2) is 0 Å². The Morgan fingerprint density at radius 1 is 1.64 bits per heavy atom. The largest absolute Gasteiger partial charge is 0.363 e. The van der Waals surface area contributed by atoms with Crippen LogP contribution in [-0.2, 0) is 6.42 Å². The maximum absolute atomic E-state index is 11.1. The molecule has 14 heavy (non-hydrogen) atoms. The Labute approximate surface area is 80.6 Å². The molecule has 2 heterocycles. The average Bonchev–Trinajstić information content (AvgIpc) is 2.56. The monoisotopic (exact) mass is 190 g/mol. The van der Waals surface area contributed by atoms with E-state index in [0.717, 1.165) is 17.6 Å². The second-order valence-electron chi connectivity index (χ2n) is 2.93. The summed E-state index contributed by atoms with van der Waals surface area (Å²) >= 11 is 0. The zero-order valence-corrected chi connectivity index (χ0v) is 7.77. The van der Waals surface area contributed by atoms with Crippen LogP contribution in [0.3, 0.4) is 0 Å². The highest BCUT2D eigenvalue weighted by atomic mass is 16.1. The first-order valence-corrected chi connectivity index (χ1v) is 4.34. The molecule has 0 saturated heterocycles. The predicted octanol–water partition coefficient (Wildman–Crippen LogP) is 0.391. The Morgan fingerprint density at radius 3 is 3.07 bits per heavy atom. The molecule has 1 amide bonds. The number of rotatable bonds is 2. The molecule has 2 aromatic heterocycles.